The average Bonchev–Trinajstić information content (AvgIpc) is 2.69. The minimum Gasteiger partial charge on any atom is -0.462 e. The zero-order valence-corrected chi connectivity index (χ0v) is 13.8. The first-order chi connectivity index (χ1) is 12.5. The van der Waals surface area contributed by atoms with Crippen molar-refractivity contribution in [3.8, 4) is 5.75 Å². The van der Waals surface area contributed by atoms with Crippen LogP contribution < -0.4 is 4.74 Å². The number of aliphatic hydroxyl groups is 4. The monoisotopic (exact) mass is 360 g/mol. The van der Waals surface area contributed by atoms with E-state index >= 15 is 0 Å². The van der Waals surface area contributed by atoms with Gasteiger partial charge in [0, 0.05) is 11.1 Å². The third-order valence-corrected chi connectivity index (χ3v) is 4.25. The second kappa shape index (κ2) is 7.94. The van der Waals surface area contributed by atoms with Crippen molar-refractivity contribution >= 4 is 5.78 Å². The zero-order chi connectivity index (χ0) is 18.7. The average molecular weight is 360 g/mol. The molecule has 1 aliphatic rings. The lowest BCUT2D eigenvalue weighted by molar-refractivity contribution is -0.277. The van der Waals surface area contributed by atoms with Gasteiger partial charge in [-0.05, 0) is 24.3 Å². The Kier molecular flexibility index (Phi) is 5.65. The molecule has 0 saturated carbocycles. The lowest BCUT2D eigenvalue weighted by atomic mass is 9.99. The summed E-state index contributed by atoms with van der Waals surface area (Å²) in [5, 5.41) is 38.7. The molecule has 0 aliphatic carbocycles. The highest BCUT2D eigenvalue weighted by atomic mass is 16.7. The predicted octanol–water partition coefficient (Wildman–Crippen LogP) is 0.0963. The van der Waals surface area contributed by atoms with E-state index < -0.39 is 37.3 Å². The summed E-state index contributed by atoms with van der Waals surface area (Å²) in [7, 11) is 0. The normalized spacial score (nSPS) is 28.5. The third-order valence-electron chi connectivity index (χ3n) is 4.25. The first-order valence-electron chi connectivity index (χ1n) is 8.18. The van der Waals surface area contributed by atoms with E-state index in [2.05, 4.69) is 0 Å². The highest BCUT2D eigenvalue weighted by Gasteiger charge is 2.44. The molecular weight excluding hydrogens is 340 g/mol. The van der Waals surface area contributed by atoms with Crippen LogP contribution in [0.3, 0.4) is 0 Å². The van der Waals surface area contributed by atoms with Crippen LogP contribution >= 0.6 is 0 Å². The van der Waals surface area contributed by atoms with Crippen LogP contribution in [-0.4, -0.2) is 63.5 Å². The summed E-state index contributed by atoms with van der Waals surface area (Å²) in [6, 6.07) is 15.1. The first-order valence-corrected chi connectivity index (χ1v) is 8.18. The Balaban J connectivity index is 1.70. The fraction of sp³-hybridized carbons (Fsp3) is 0.316. The largest absolute Gasteiger partial charge is 0.462 e. The Morgan fingerprint density at radius 2 is 1.50 bits per heavy atom. The van der Waals surface area contributed by atoms with E-state index in [9.17, 15) is 25.2 Å². The fourth-order valence-corrected chi connectivity index (χ4v) is 2.74. The summed E-state index contributed by atoms with van der Waals surface area (Å²) in [4.78, 5) is 12.4. The minimum atomic E-state index is -1.51. The topological polar surface area (TPSA) is 116 Å². The van der Waals surface area contributed by atoms with Gasteiger partial charge in [-0.1, -0.05) is 30.3 Å². The fourth-order valence-electron chi connectivity index (χ4n) is 2.74. The van der Waals surface area contributed by atoms with E-state index in [1.807, 2.05) is 6.07 Å². The highest BCUT2D eigenvalue weighted by molar-refractivity contribution is 6.08. The van der Waals surface area contributed by atoms with Gasteiger partial charge in [0.05, 0.1) is 6.61 Å². The van der Waals surface area contributed by atoms with Gasteiger partial charge in [0.2, 0.25) is 6.29 Å². The lowest BCUT2D eigenvalue weighted by Crippen LogP contribution is -2.60. The summed E-state index contributed by atoms with van der Waals surface area (Å²) in [6.07, 6.45) is -6.75. The molecule has 26 heavy (non-hydrogen) atoms. The molecule has 2 aromatic carbocycles. The standard InChI is InChI=1S/C19H20O7/c20-10-14-16(22)17(23)18(24)19(26-14)25-13-8-6-12(7-9-13)15(21)11-4-2-1-3-5-11/h1-9,14,16-20,22-24H,10H2/t14-,16-,17+,18-,19+/m1/s1. The molecule has 4 N–H and O–H groups in total. The van der Waals surface area contributed by atoms with Crippen molar-refractivity contribution in [1.82, 2.24) is 0 Å². The summed E-state index contributed by atoms with van der Waals surface area (Å²) in [6.45, 7) is -0.532. The van der Waals surface area contributed by atoms with E-state index in [-0.39, 0.29) is 5.78 Å². The molecular formula is C19H20O7. The molecule has 5 atom stereocenters. The number of hydrogen-bond acceptors (Lipinski definition) is 7. The van der Waals surface area contributed by atoms with Gasteiger partial charge in [-0.2, -0.15) is 0 Å². The number of rotatable bonds is 5. The van der Waals surface area contributed by atoms with Crippen molar-refractivity contribution < 1.29 is 34.7 Å². The van der Waals surface area contributed by atoms with Crippen LogP contribution in [0.25, 0.3) is 0 Å². The van der Waals surface area contributed by atoms with Gasteiger partial charge in [0.1, 0.15) is 30.2 Å². The van der Waals surface area contributed by atoms with E-state index in [0.29, 0.717) is 16.9 Å². The number of benzene rings is 2. The molecule has 1 heterocycles. The van der Waals surface area contributed by atoms with Crippen LogP contribution in [0.4, 0.5) is 0 Å². The Morgan fingerprint density at radius 1 is 0.885 bits per heavy atom. The van der Waals surface area contributed by atoms with E-state index in [0.717, 1.165) is 0 Å². The molecule has 0 spiro atoms. The maximum absolute atomic E-state index is 12.4. The zero-order valence-electron chi connectivity index (χ0n) is 13.8. The molecule has 0 unspecified atom stereocenters. The van der Waals surface area contributed by atoms with Gasteiger partial charge in [0.15, 0.2) is 5.78 Å². The molecule has 0 bridgehead atoms. The van der Waals surface area contributed by atoms with Crippen molar-refractivity contribution in [3.05, 3.63) is 65.7 Å². The molecule has 0 amide bonds. The molecule has 2 aromatic rings. The SMILES string of the molecule is O=C(c1ccccc1)c1ccc(O[C@H]2O[C@H](CO)[C@@H](O)[C@H](O)[C@H]2O)cc1. The third kappa shape index (κ3) is 3.77. The molecule has 3 rings (SSSR count). The van der Waals surface area contributed by atoms with E-state index in [4.69, 9.17) is 9.47 Å². The van der Waals surface area contributed by atoms with Crippen molar-refractivity contribution in [2.45, 2.75) is 30.7 Å². The van der Waals surface area contributed by atoms with Gasteiger partial charge in [-0.3, -0.25) is 4.79 Å². The van der Waals surface area contributed by atoms with Crippen molar-refractivity contribution in [1.29, 1.82) is 0 Å². The first kappa shape index (κ1) is 18.5. The lowest BCUT2D eigenvalue weighted by Gasteiger charge is -2.39. The maximum Gasteiger partial charge on any atom is 0.229 e. The van der Waals surface area contributed by atoms with Crippen LogP contribution in [0.5, 0.6) is 5.75 Å². The number of carbonyl (C=O) groups excluding carboxylic acids is 1. The maximum atomic E-state index is 12.4. The number of ketones is 1. The Hall–Kier alpha value is -2.29. The molecule has 1 saturated heterocycles. The second-order valence-corrected chi connectivity index (χ2v) is 6.03. The van der Waals surface area contributed by atoms with Gasteiger partial charge in [0.25, 0.3) is 0 Å². The number of hydrogen-bond donors (Lipinski definition) is 4. The minimum absolute atomic E-state index is 0.134. The Morgan fingerprint density at radius 3 is 2.12 bits per heavy atom. The predicted molar refractivity (Wildman–Crippen MR) is 90.7 cm³/mol. The quantitative estimate of drug-likeness (QED) is 0.559. The summed E-state index contributed by atoms with van der Waals surface area (Å²) in [5.74, 6) is 0.170. The van der Waals surface area contributed by atoms with Crippen LogP contribution in [0.2, 0.25) is 0 Å². The number of ether oxygens (including phenoxy) is 2. The van der Waals surface area contributed by atoms with Gasteiger partial charge in [-0.25, -0.2) is 0 Å². The number of carbonyl (C=O) groups is 1. The van der Waals surface area contributed by atoms with Crippen molar-refractivity contribution in [2.24, 2.45) is 0 Å². The number of aliphatic hydroxyl groups excluding tert-OH is 4. The van der Waals surface area contributed by atoms with Gasteiger partial charge in [-0.15, -0.1) is 0 Å². The smallest absolute Gasteiger partial charge is 0.229 e. The van der Waals surface area contributed by atoms with Crippen molar-refractivity contribution in [2.75, 3.05) is 6.61 Å². The Labute approximate surface area is 150 Å². The molecule has 0 aromatic heterocycles. The molecule has 1 aliphatic heterocycles. The molecule has 7 heteroatoms. The van der Waals surface area contributed by atoms with Crippen LogP contribution in [0.1, 0.15) is 15.9 Å². The van der Waals surface area contributed by atoms with Gasteiger partial charge < -0.3 is 29.9 Å². The summed E-state index contributed by atoms with van der Waals surface area (Å²) >= 11 is 0. The summed E-state index contributed by atoms with van der Waals surface area (Å²) in [5.41, 5.74) is 1.03. The molecule has 138 valence electrons. The van der Waals surface area contributed by atoms with Gasteiger partial charge >= 0.3 is 0 Å². The van der Waals surface area contributed by atoms with Crippen LogP contribution in [-0.2, 0) is 4.74 Å². The van der Waals surface area contributed by atoms with Crippen molar-refractivity contribution in [3.63, 3.8) is 0 Å². The van der Waals surface area contributed by atoms with Crippen LogP contribution in [0.15, 0.2) is 54.6 Å². The molecule has 7 nitrogen and oxygen atoms in total. The Bertz CT molecular complexity index is 729. The highest BCUT2D eigenvalue weighted by Crippen LogP contribution is 2.24. The van der Waals surface area contributed by atoms with E-state index in [1.165, 1.54) is 12.1 Å². The van der Waals surface area contributed by atoms with E-state index in [1.54, 1.807) is 36.4 Å². The second-order valence-electron chi connectivity index (χ2n) is 6.03. The van der Waals surface area contributed by atoms with Crippen LogP contribution in [0, 0.1) is 0 Å². The molecule has 0 radical (unpaired) electrons. The molecule has 1 fully saturated rings. The summed E-state index contributed by atoms with van der Waals surface area (Å²) < 4.78 is 10.8.